The largest absolute Gasteiger partial charge is 0.369 e. The molecule has 0 bridgehead atoms. The Labute approximate surface area is 90.6 Å². The summed E-state index contributed by atoms with van der Waals surface area (Å²) >= 11 is 0. The highest BCUT2D eigenvalue weighted by Gasteiger charge is 2.26. The molecule has 15 heavy (non-hydrogen) atoms. The predicted molar refractivity (Wildman–Crippen MR) is 59.9 cm³/mol. The van der Waals surface area contributed by atoms with E-state index in [-0.39, 0.29) is 0 Å². The molecule has 1 aromatic carbocycles. The van der Waals surface area contributed by atoms with E-state index in [4.69, 9.17) is 4.74 Å². The van der Waals surface area contributed by atoms with Gasteiger partial charge in [-0.3, -0.25) is 0 Å². The molecule has 0 amide bonds. The van der Waals surface area contributed by atoms with Crippen molar-refractivity contribution < 1.29 is 4.74 Å². The Morgan fingerprint density at radius 2 is 2.13 bits per heavy atom. The van der Waals surface area contributed by atoms with E-state index in [1.165, 1.54) is 24.0 Å². The molecule has 80 valence electrons. The Hall–Kier alpha value is -0.860. The molecular weight excluding hydrogens is 186 g/mol. The average Bonchev–Trinajstić information content (AvgIpc) is 2.89. The quantitative estimate of drug-likeness (QED) is 0.794. The van der Waals surface area contributed by atoms with Crippen LogP contribution in [0.3, 0.4) is 0 Å². The normalized spacial score (nSPS) is 29.3. The fourth-order valence-electron chi connectivity index (χ4n) is 2.64. The molecule has 2 heteroatoms. The first-order chi connectivity index (χ1) is 7.43. The van der Waals surface area contributed by atoms with Crippen molar-refractivity contribution in [1.29, 1.82) is 0 Å². The molecule has 1 saturated heterocycles. The van der Waals surface area contributed by atoms with E-state index in [9.17, 15) is 0 Å². The molecule has 2 nitrogen and oxygen atoms in total. The summed E-state index contributed by atoms with van der Waals surface area (Å²) in [5.74, 6) is 0. The van der Waals surface area contributed by atoms with Crippen LogP contribution in [0.5, 0.6) is 0 Å². The van der Waals surface area contributed by atoms with Gasteiger partial charge in [-0.25, -0.2) is 0 Å². The zero-order chi connectivity index (χ0) is 10.1. The van der Waals surface area contributed by atoms with Crippen LogP contribution in [0.2, 0.25) is 0 Å². The van der Waals surface area contributed by atoms with Crippen molar-refractivity contribution in [2.45, 2.75) is 31.5 Å². The van der Waals surface area contributed by atoms with Crippen molar-refractivity contribution in [3.05, 3.63) is 35.4 Å². The minimum Gasteiger partial charge on any atom is -0.369 e. The fourth-order valence-corrected chi connectivity index (χ4v) is 2.64. The molecule has 1 aromatic rings. The third kappa shape index (κ3) is 1.80. The Morgan fingerprint density at radius 3 is 3.00 bits per heavy atom. The van der Waals surface area contributed by atoms with Crippen LogP contribution in [0.25, 0.3) is 0 Å². The molecule has 0 aromatic heterocycles. The molecule has 2 aliphatic rings. The van der Waals surface area contributed by atoms with Crippen LogP contribution in [-0.4, -0.2) is 19.2 Å². The molecule has 1 heterocycles. The van der Waals surface area contributed by atoms with Gasteiger partial charge in [-0.2, -0.15) is 0 Å². The van der Waals surface area contributed by atoms with Crippen LogP contribution in [0.15, 0.2) is 24.3 Å². The summed E-state index contributed by atoms with van der Waals surface area (Å²) < 4.78 is 6.14. The third-order valence-electron chi connectivity index (χ3n) is 3.45. The number of benzene rings is 1. The van der Waals surface area contributed by atoms with Gasteiger partial charge in [0, 0.05) is 6.54 Å². The lowest BCUT2D eigenvalue weighted by molar-refractivity contribution is -0.00120. The summed E-state index contributed by atoms with van der Waals surface area (Å²) in [5, 5.41) is 3.35. The Kier molecular flexibility index (Phi) is 2.47. The highest BCUT2D eigenvalue weighted by Crippen LogP contribution is 2.35. The van der Waals surface area contributed by atoms with Gasteiger partial charge in [-0.05, 0) is 36.9 Å². The number of rotatable bonds is 2. The molecule has 2 atom stereocenters. The lowest BCUT2D eigenvalue weighted by Crippen LogP contribution is -2.18. The second kappa shape index (κ2) is 3.95. The first-order valence-corrected chi connectivity index (χ1v) is 5.87. The van der Waals surface area contributed by atoms with Crippen molar-refractivity contribution in [2.24, 2.45) is 0 Å². The second-order valence-electron chi connectivity index (χ2n) is 4.48. The summed E-state index contributed by atoms with van der Waals surface area (Å²) in [4.78, 5) is 0. The van der Waals surface area contributed by atoms with Crippen LogP contribution in [0.1, 0.15) is 30.1 Å². The standard InChI is InChI=1S/C13H17NO/c1-2-4-12-10(3-1)5-6-13(12)15-11-7-8-14-9-11/h1-4,11,13-14H,5-9H2. The van der Waals surface area contributed by atoms with Crippen molar-refractivity contribution in [2.75, 3.05) is 13.1 Å². The molecule has 1 aliphatic heterocycles. The lowest BCUT2D eigenvalue weighted by Gasteiger charge is -2.18. The number of ether oxygens (including phenoxy) is 1. The maximum Gasteiger partial charge on any atom is 0.0835 e. The molecule has 0 spiro atoms. The smallest absolute Gasteiger partial charge is 0.0835 e. The number of hydrogen-bond donors (Lipinski definition) is 1. The zero-order valence-electron chi connectivity index (χ0n) is 8.91. The van der Waals surface area contributed by atoms with Gasteiger partial charge in [0.25, 0.3) is 0 Å². The highest BCUT2D eigenvalue weighted by atomic mass is 16.5. The van der Waals surface area contributed by atoms with Gasteiger partial charge in [-0.1, -0.05) is 24.3 Å². The van der Waals surface area contributed by atoms with E-state index in [1.807, 2.05) is 0 Å². The van der Waals surface area contributed by atoms with Crippen LogP contribution in [0.4, 0.5) is 0 Å². The van der Waals surface area contributed by atoms with Gasteiger partial charge in [0.05, 0.1) is 12.2 Å². The second-order valence-corrected chi connectivity index (χ2v) is 4.48. The van der Waals surface area contributed by atoms with Crippen molar-refractivity contribution in [1.82, 2.24) is 5.32 Å². The summed E-state index contributed by atoms with van der Waals surface area (Å²) in [6, 6.07) is 8.69. The first kappa shape index (κ1) is 9.37. The van der Waals surface area contributed by atoms with E-state index in [2.05, 4.69) is 29.6 Å². The number of nitrogens with one attached hydrogen (secondary N) is 1. The van der Waals surface area contributed by atoms with E-state index in [0.29, 0.717) is 12.2 Å². The van der Waals surface area contributed by atoms with E-state index < -0.39 is 0 Å². The summed E-state index contributed by atoms with van der Waals surface area (Å²) in [6.07, 6.45) is 4.29. The van der Waals surface area contributed by atoms with Gasteiger partial charge in [0.2, 0.25) is 0 Å². The molecule has 1 aliphatic carbocycles. The molecule has 0 saturated carbocycles. The van der Waals surface area contributed by atoms with Crippen LogP contribution < -0.4 is 5.32 Å². The summed E-state index contributed by atoms with van der Waals surface area (Å²) in [6.45, 7) is 2.14. The van der Waals surface area contributed by atoms with Crippen molar-refractivity contribution in [3.8, 4) is 0 Å². The van der Waals surface area contributed by atoms with E-state index in [1.54, 1.807) is 0 Å². The molecule has 3 rings (SSSR count). The summed E-state index contributed by atoms with van der Waals surface area (Å²) in [5.41, 5.74) is 2.90. The van der Waals surface area contributed by atoms with Gasteiger partial charge in [0.15, 0.2) is 0 Å². The molecular formula is C13H17NO. The lowest BCUT2D eigenvalue weighted by atomic mass is 10.1. The van der Waals surface area contributed by atoms with Gasteiger partial charge >= 0.3 is 0 Å². The molecule has 1 fully saturated rings. The molecule has 1 N–H and O–H groups in total. The number of aryl methyl sites for hydroxylation is 1. The van der Waals surface area contributed by atoms with Crippen LogP contribution in [-0.2, 0) is 11.2 Å². The molecule has 0 radical (unpaired) electrons. The Bertz CT molecular complexity index is 344. The van der Waals surface area contributed by atoms with Crippen molar-refractivity contribution >= 4 is 0 Å². The van der Waals surface area contributed by atoms with E-state index in [0.717, 1.165) is 19.5 Å². The maximum atomic E-state index is 6.14. The zero-order valence-corrected chi connectivity index (χ0v) is 8.91. The van der Waals surface area contributed by atoms with Crippen molar-refractivity contribution in [3.63, 3.8) is 0 Å². The fraction of sp³-hybridized carbons (Fsp3) is 0.538. The van der Waals surface area contributed by atoms with Crippen LogP contribution in [0, 0.1) is 0 Å². The monoisotopic (exact) mass is 203 g/mol. The number of fused-ring (bicyclic) bond motifs is 1. The van der Waals surface area contributed by atoms with Crippen LogP contribution >= 0.6 is 0 Å². The van der Waals surface area contributed by atoms with Gasteiger partial charge in [-0.15, -0.1) is 0 Å². The summed E-state index contributed by atoms with van der Waals surface area (Å²) in [7, 11) is 0. The van der Waals surface area contributed by atoms with E-state index >= 15 is 0 Å². The minimum absolute atomic E-state index is 0.353. The van der Waals surface area contributed by atoms with Gasteiger partial charge in [0.1, 0.15) is 0 Å². The predicted octanol–water partition coefficient (Wildman–Crippen LogP) is 2.05. The number of hydrogen-bond acceptors (Lipinski definition) is 2. The first-order valence-electron chi connectivity index (χ1n) is 5.87. The highest BCUT2D eigenvalue weighted by molar-refractivity contribution is 5.33. The Morgan fingerprint density at radius 1 is 1.20 bits per heavy atom. The van der Waals surface area contributed by atoms with Gasteiger partial charge < -0.3 is 10.1 Å². The maximum absolute atomic E-state index is 6.14. The SMILES string of the molecule is c1ccc2c(c1)CCC2OC1CCNC1. The minimum atomic E-state index is 0.353. The Balaban J connectivity index is 1.73. The average molecular weight is 203 g/mol. The third-order valence-corrected chi connectivity index (χ3v) is 3.45. The molecule has 2 unspecified atom stereocenters. The topological polar surface area (TPSA) is 21.3 Å².